The van der Waals surface area contributed by atoms with Gasteiger partial charge in [0.25, 0.3) is 0 Å². The molecule has 1 aromatic carbocycles. The lowest BCUT2D eigenvalue weighted by Crippen LogP contribution is -2.46. The predicted octanol–water partition coefficient (Wildman–Crippen LogP) is 3.06. The Morgan fingerprint density at radius 1 is 1.09 bits per heavy atom. The van der Waals surface area contributed by atoms with E-state index in [1.165, 1.54) is 30.5 Å². The molecule has 164 valence electrons. The van der Waals surface area contributed by atoms with Crippen LogP contribution in [-0.4, -0.2) is 51.7 Å². The topological polar surface area (TPSA) is 131 Å². The molecule has 6 rings (SSSR count). The SMILES string of the molecule is Nc1nc(-c2ccc3c(N)n[nH]c3c2)cc(N2CCOC(C3=NC4=C(CCCC4)C3)C2)n1. The Bertz CT molecular complexity index is 1260. The molecular formula is C23H26N8O. The summed E-state index contributed by atoms with van der Waals surface area (Å²) in [6, 6.07) is 7.89. The fraction of sp³-hybridized carbons (Fsp3) is 0.391. The molecule has 3 aliphatic rings. The first kappa shape index (κ1) is 19.2. The molecule has 0 saturated carbocycles. The van der Waals surface area contributed by atoms with Gasteiger partial charge >= 0.3 is 0 Å². The van der Waals surface area contributed by atoms with E-state index in [2.05, 4.69) is 25.1 Å². The minimum Gasteiger partial charge on any atom is -0.382 e. The van der Waals surface area contributed by atoms with E-state index in [4.69, 9.17) is 21.2 Å². The number of nitrogens with zero attached hydrogens (tertiary/aromatic N) is 5. The Balaban J connectivity index is 1.26. The third-order valence-corrected chi connectivity index (χ3v) is 6.60. The van der Waals surface area contributed by atoms with Crippen molar-refractivity contribution in [3.05, 3.63) is 35.5 Å². The molecule has 4 heterocycles. The van der Waals surface area contributed by atoms with Gasteiger partial charge < -0.3 is 21.1 Å². The maximum atomic E-state index is 6.12. The predicted molar refractivity (Wildman–Crippen MR) is 125 cm³/mol. The van der Waals surface area contributed by atoms with Crippen LogP contribution in [0.5, 0.6) is 0 Å². The number of benzene rings is 1. The van der Waals surface area contributed by atoms with E-state index in [9.17, 15) is 0 Å². The van der Waals surface area contributed by atoms with Crippen LogP contribution in [0.4, 0.5) is 17.6 Å². The van der Waals surface area contributed by atoms with E-state index in [0.29, 0.717) is 19.0 Å². The lowest BCUT2D eigenvalue weighted by atomic mass is 9.94. The van der Waals surface area contributed by atoms with Crippen molar-refractivity contribution in [1.82, 2.24) is 20.2 Å². The molecule has 9 heteroatoms. The average molecular weight is 431 g/mol. The molecule has 9 nitrogen and oxygen atoms in total. The first-order valence-electron chi connectivity index (χ1n) is 11.2. The Hall–Kier alpha value is -3.46. The van der Waals surface area contributed by atoms with Gasteiger partial charge in [-0.05, 0) is 43.4 Å². The van der Waals surface area contributed by atoms with Crippen LogP contribution in [-0.2, 0) is 4.74 Å². The maximum Gasteiger partial charge on any atom is 0.222 e. The number of hydrogen-bond acceptors (Lipinski definition) is 8. The van der Waals surface area contributed by atoms with Crippen molar-refractivity contribution in [2.45, 2.75) is 38.2 Å². The number of nitrogens with one attached hydrogen (secondary N) is 1. The summed E-state index contributed by atoms with van der Waals surface area (Å²) in [6.45, 7) is 2.10. The molecule has 0 radical (unpaired) electrons. The molecular weight excluding hydrogens is 404 g/mol. The van der Waals surface area contributed by atoms with E-state index < -0.39 is 0 Å². The summed E-state index contributed by atoms with van der Waals surface area (Å²) in [4.78, 5) is 16.2. The minimum absolute atomic E-state index is 0.0155. The highest BCUT2D eigenvalue weighted by Gasteiger charge is 2.31. The van der Waals surface area contributed by atoms with Gasteiger partial charge in [-0.1, -0.05) is 6.07 Å². The number of H-pyrrole nitrogens is 1. The number of hydrogen-bond donors (Lipinski definition) is 3. The molecule has 32 heavy (non-hydrogen) atoms. The zero-order valence-corrected chi connectivity index (χ0v) is 17.8. The van der Waals surface area contributed by atoms with Gasteiger partial charge in [0, 0.05) is 35.7 Å². The highest BCUT2D eigenvalue weighted by molar-refractivity contribution is 5.94. The summed E-state index contributed by atoms with van der Waals surface area (Å²) in [7, 11) is 0. The van der Waals surface area contributed by atoms with Gasteiger partial charge in [0.1, 0.15) is 11.9 Å². The molecule has 1 aliphatic carbocycles. The number of nitrogen functional groups attached to an aromatic ring is 2. The summed E-state index contributed by atoms with van der Waals surface area (Å²) >= 11 is 0. The summed E-state index contributed by atoms with van der Waals surface area (Å²) < 4.78 is 6.12. The second-order valence-corrected chi connectivity index (χ2v) is 8.68. The van der Waals surface area contributed by atoms with Crippen molar-refractivity contribution >= 4 is 34.2 Å². The Labute approximate surface area is 185 Å². The van der Waals surface area contributed by atoms with Gasteiger partial charge in [-0.25, -0.2) is 4.98 Å². The van der Waals surface area contributed by atoms with Gasteiger partial charge in [0.05, 0.1) is 30.1 Å². The molecule has 1 saturated heterocycles. The quantitative estimate of drug-likeness (QED) is 0.582. The Kier molecular flexibility index (Phi) is 4.57. The number of aromatic nitrogens is 4. The maximum absolute atomic E-state index is 6.12. The summed E-state index contributed by atoms with van der Waals surface area (Å²) in [5.41, 5.74) is 18.5. The normalized spacial score (nSPS) is 21.2. The monoisotopic (exact) mass is 430 g/mol. The van der Waals surface area contributed by atoms with Gasteiger partial charge in [-0.15, -0.1) is 0 Å². The number of morpholine rings is 1. The van der Waals surface area contributed by atoms with Crippen LogP contribution in [0.1, 0.15) is 32.1 Å². The first-order valence-corrected chi connectivity index (χ1v) is 11.2. The van der Waals surface area contributed by atoms with E-state index >= 15 is 0 Å². The molecule has 1 unspecified atom stereocenters. The van der Waals surface area contributed by atoms with E-state index in [1.807, 2.05) is 24.3 Å². The fourth-order valence-electron chi connectivity index (χ4n) is 4.92. The van der Waals surface area contributed by atoms with Crippen LogP contribution < -0.4 is 16.4 Å². The molecule has 1 atom stereocenters. The van der Waals surface area contributed by atoms with Crippen molar-refractivity contribution < 1.29 is 4.74 Å². The molecule has 0 bridgehead atoms. The van der Waals surface area contributed by atoms with Crippen molar-refractivity contribution in [2.75, 3.05) is 36.1 Å². The second-order valence-electron chi connectivity index (χ2n) is 8.68. The smallest absolute Gasteiger partial charge is 0.222 e. The number of allylic oxidation sites excluding steroid dienone is 2. The zero-order valence-electron chi connectivity index (χ0n) is 17.8. The summed E-state index contributed by atoms with van der Waals surface area (Å²) in [5, 5.41) is 7.91. The van der Waals surface area contributed by atoms with E-state index in [0.717, 1.165) is 53.1 Å². The van der Waals surface area contributed by atoms with Gasteiger partial charge in [-0.3, -0.25) is 10.1 Å². The molecule has 3 aromatic rings. The zero-order chi connectivity index (χ0) is 21.7. The van der Waals surface area contributed by atoms with Crippen molar-refractivity contribution in [3.63, 3.8) is 0 Å². The van der Waals surface area contributed by atoms with Crippen molar-refractivity contribution in [1.29, 1.82) is 0 Å². The molecule has 0 spiro atoms. The van der Waals surface area contributed by atoms with E-state index in [-0.39, 0.29) is 12.1 Å². The molecule has 2 aliphatic heterocycles. The number of aromatic amines is 1. The number of anilines is 3. The molecule has 5 N–H and O–H groups in total. The fourth-order valence-corrected chi connectivity index (χ4v) is 4.92. The molecule has 2 aromatic heterocycles. The Morgan fingerprint density at radius 3 is 2.91 bits per heavy atom. The second kappa shape index (κ2) is 7.59. The van der Waals surface area contributed by atoms with Crippen LogP contribution >= 0.6 is 0 Å². The lowest BCUT2D eigenvalue weighted by Gasteiger charge is -2.34. The first-order chi connectivity index (χ1) is 15.6. The number of rotatable bonds is 3. The highest BCUT2D eigenvalue weighted by atomic mass is 16.5. The average Bonchev–Trinajstić information content (AvgIpc) is 3.42. The molecule has 1 fully saturated rings. The number of ether oxygens (including phenoxy) is 1. The third kappa shape index (κ3) is 3.38. The van der Waals surface area contributed by atoms with Gasteiger partial charge in [-0.2, -0.15) is 10.1 Å². The van der Waals surface area contributed by atoms with Crippen LogP contribution in [0.25, 0.3) is 22.2 Å². The Morgan fingerprint density at radius 2 is 2.00 bits per heavy atom. The van der Waals surface area contributed by atoms with Crippen molar-refractivity contribution in [2.24, 2.45) is 4.99 Å². The van der Waals surface area contributed by atoms with Crippen molar-refractivity contribution in [3.8, 4) is 11.3 Å². The number of nitrogens with two attached hydrogens (primary N) is 2. The van der Waals surface area contributed by atoms with Gasteiger partial charge in [0.15, 0.2) is 5.82 Å². The summed E-state index contributed by atoms with van der Waals surface area (Å²) in [5.74, 6) is 1.54. The van der Waals surface area contributed by atoms with Crippen LogP contribution in [0, 0.1) is 0 Å². The largest absolute Gasteiger partial charge is 0.382 e. The van der Waals surface area contributed by atoms with Crippen LogP contribution in [0.2, 0.25) is 0 Å². The summed E-state index contributed by atoms with van der Waals surface area (Å²) in [6.07, 6.45) is 5.74. The van der Waals surface area contributed by atoms with E-state index in [1.54, 1.807) is 0 Å². The standard InChI is InChI=1S/C23H26N8O/c24-22-15-6-5-14(9-18(15)29-30-22)17-11-21(28-23(25)27-17)31-7-8-32-20(12-31)19-10-13-3-1-2-4-16(13)26-19/h5-6,9,11,20H,1-4,7-8,10,12H2,(H3,24,29,30)(H2,25,27,28). The van der Waals surface area contributed by atoms with Crippen LogP contribution in [0.3, 0.4) is 0 Å². The van der Waals surface area contributed by atoms with Gasteiger partial charge in [0.2, 0.25) is 5.95 Å². The highest BCUT2D eigenvalue weighted by Crippen LogP contribution is 2.35. The molecule has 0 amide bonds. The van der Waals surface area contributed by atoms with Crippen LogP contribution in [0.15, 0.2) is 40.5 Å². The third-order valence-electron chi connectivity index (χ3n) is 6.60. The number of fused-ring (bicyclic) bond motifs is 1. The number of aliphatic imine (C=N–C) groups is 1. The minimum atomic E-state index is -0.0155. The lowest BCUT2D eigenvalue weighted by molar-refractivity contribution is 0.0828.